The standard InChI is InChI=1S/C22H18ClNO3/c23-19-10-12-20(13-11-19)24-21(25)15-27-22(26)14-16-6-8-18(9-7-16)17-4-2-1-3-5-17/h1-13H,14-15H2,(H,24,25). The highest BCUT2D eigenvalue weighted by atomic mass is 35.5. The summed E-state index contributed by atoms with van der Waals surface area (Å²) < 4.78 is 5.04. The largest absolute Gasteiger partial charge is 0.455 e. The Morgan fingerprint density at radius 2 is 1.44 bits per heavy atom. The van der Waals surface area contributed by atoms with Gasteiger partial charge in [0.15, 0.2) is 6.61 Å². The number of esters is 1. The van der Waals surface area contributed by atoms with Crippen LogP contribution < -0.4 is 5.32 Å². The van der Waals surface area contributed by atoms with Gasteiger partial charge in [-0.1, -0.05) is 66.2 Å². The van der Waals surface area contributed by atoms with Crippen LogP contribution in [0.1, 0.15) is 5.56 Å². The summed E-state index contributed by atoms with van der Waals surface area (Å²) in [5.74, 6) is -0.848. The quantitative estimate of drug-likeness (QED) is 0.630. The van der Waals surface area contributed by atoms with E-state index in [0.717, 1.165) is 16.7 Å². The van der Waals surface area contributed by atoms with E-state index in [4.69, 9.17) is 16.3 Å². The Morgan fingerprint density at radius 3 is 2.11 bits per heavy atom. The first-order valence-corrected chi connectivity index (χ1v) is 8.83. The van der Waals surface area contributed by atoms with Crippen molar-refractivity contribution in [3.8, 4) is 11.1 Å². The first-order valence-electron chi connectivity index (χ1n) is 8.45. The van der Waals surface area contributed by atoms with Crippen LogP contribution in [0.25, 0.3) is 11.1 Å². The molecule has 3 aromatic carbocycles. The Bertz CT molecular complexity index is 907. The van der Waals surface area contributed by atoms with Crippen LogP contribution in [0.15, 0.2) is 78.9 Å². The molecule has 0 atom stereocenters. The first kappa shape index (κ1) is 18.7. The lowest BCUT2D eigenvalue weighted by Gasteiger charge is -2.07. The summed E-state index contributed by atoms with van der Waals surface area (Å²) in [6.45, 7) is -0.330. The number of halogens is 1. The van der Waals surface area contributed by atoms with Gasteiger partial charge in [-0.2, -0.15) is 0 Å². The van der Waals surface area contributed by atoms with Gasteiger partial charge >= 0.3 is 5.97 Å². The van der Waals surface area contributed by atoms with Crippen molar-refractivity contribution in [3.05, 3.63) is 89.4 Å². The predicted octanol–water partition coefficient (Wildman–Crippen LogP) is 4.73. The molecule has 0 aliphatic rings. The number of benzene rings is 3. The summed E-state index contributed by atoms with van der Waals surface area (Å²) in [4.78, 5) is 23.8. The predicted molar refractivity (Wildman–Crippen MR) is 107 cm³/mol. The van der Waals surface area contributed by atoms with Crippen LogP contribution in [0.2, 0.25) is 5.02 Å². The van der Waals surface area contributed by atoms with E-state index in [1.807, 2.05) is 54.6 Å². The van der Waals surface area contributed by atoms with Crippen molar-refractivity contribution in [2.24, 2.45) is 0 Å². The monoisotopic (exact) mass is 379 g/mol. The number of rotatable bonds is 6. The Balaban J connectivity index is 1.47. The number of carbonyl (C=O) groups is 2. The molecule has 0 radical (unpaired) electrons. The average molecular weight is 380 g/mol. The van der Waals surface area contributed by atoms with Crippen LogP contribution in [-0.2, 0) is 20.7 Å². The number of hydrogen-bond acceptors (Lipinski definition) is 3. The molecule has 0 bridgehead atoms. The van der Waals surface area contributed by atoms with Gasteiger partial charge in [-0.15, -0.1) is 0 Å². The molecule has 27 heavy (non-hydrogen) atoms. The van der Waals surface area contributed by atoms with Crippen LogP contribution in [-0.4, -0.2) is 18.5 Å². The molecule has 136 valence electrons. The van der Waals surface area contributed by atoms with E-state index in [1.165, 1.54) is 0 Å². The molecule has 4 nitrogen and oxygen atoms in total. The lowest BCUT2D eigenvalue weighted by molar-refractivity contribution is -0.146. The SMILES string of the molecule is O=C(COC(=O)Cc1ccc(-c2ccccc2)cc1)Nc1ccc(Cl)cc1. The first-order chi connectivity index (χ1) is 13.1. The lowest BCUT2D eigenvalue weighted by Crippen LogP contribution is -2.21. The molecule has 0 aliphatic heterocycles. The molecule has 0 heterocycles. The van der Waals surface area contributed by atoms with Crippen LogP contribution >= 0.6 is 11.6 Å². The Hall–Kier alpha value is -3.11. The minimum Gasteiger partial charge on any atom is -0.455 e. The minimum absolute atomic E-state index is 0.114. The molecule has 0 aromatic heterocycles. The van der Waals surface area contributed by atoms with Gasteiger partial charge in [0.1, 0.15) is 0 Å². The van der Waals surface area contributed by atoms with Gasteiger partial charge in [0, 0.05) is 10.7 Å². The van der Waals surface area contributed by atoms with E-state index < -0.39 is 11.9 Å². The topological polar surface area (TPSA) is 55.4 Å². The van der Waals surface area contributed by atoms with E-state index in [-0.39, 0.29) is 13.0 Å². The molecule has 0 unspecified atom stereocenters. The molecule has 3 rings (SSSR count). The second-order valence-corrected chi connectivity index (χ2v) is 6.39. The summed E-state index contributed by atoms with van der Waals surface area (Å²) in [6, 6.07) is 24.4. The van der Waals surface area contributed by atoms with Crippen LogP contribution in [0.4, 0.5) is 5.69 Å². The summed E-state index contributed by atoms with van der Waals surface area (Å²) in [5.41, 5.74) is 3.62. The van der Waals surface area contributed by atoms with Crippen molar-refractivity contribution in [2.75, 3.05) is 11.9 Å². The molecule has 0 saturated heterocycles. The second kappa shape index (κ2) is 9.01. The summed E-state index contributed by atoms with van der Waals surface area (Å²) in [5, 5.41) is 3.22. The van der Waals surface area contributed by atoms with Crippen molar-refractivity contribution in [3.63, 3.8) is 0 Å². The van der Waals surface area contributed by atoms with Crippen molar-refractivity contribution in [2.45, 2.75) is 6.42 Å². The van der Waals surface area contributed by atoms with Crippen LogP contribution in [0.5, 0.6) is 0 Å². The highest BCUT2D eigenvalue weighted by Crippen LogP contribution is 2.19. The molecule has 3 aromatic rings. The molecular weight excluding hydrogens is 362 g/mol. The Kier molecular flexibility index (Phi) is 6.23. The molecule has 5 heteroatoms. The van der Waals surface area contributed by atoms with E-state index in [2.05, 4.69) is 5.32 Å². The van der Waals surface area contributed by atoms with Gasteiger partial charge in [-0.3, -0.25) is 9.59 Å². The maximum atomic E-state index is 11.9. The zero-order valence-electron chi connectivity index (χ0n) is 14.5. The normalized spacial score (nSPS) is 10.3. The van der Waals surface area contributed by atoms with Crippen molar-refractivity contribution < 1.29 is 14.3 Å². The molecule has 0 fully saturated rings. The van der Waals surface area contributed by atoms with Crippen LogP contribution in [0, 0.1) is 0 Å². The maximum absolute atomic E-state index is 11.9. The number of nitrogens with one attached hydrogen (secondary N) is 1. The molecular formula is C22H18ClNO3. The minimum atomic E-state index is -0.450. The lowest BCUT2D eigenvalue weighted by atomic mass is 10.0. The highest BCUT2D eigenvalue weighted by molar-refractivity contribution is 6.30. The smallest absolute Gasteiger partial charge is 0.310 e. The summed E-state index contributed by atoms with van der Waals surface area (Å²) in [7, 11) is 0. The third-order valence-corrected chi connectivity index (χ3v) is 4.15. The zero-order valence-corrected chi connectivity index (χ0v) is 15.3. The van der Waals surface area contributed by atoms with E-state index in [1.54, 1.807) is 24.3 Å². The molecule has 0 aliphatic carbocycles. The molecule has 1 amide bonds. The summed E-state index contributed by atoms with van der Waals surface area (Å²) >= 11 is 5.79. The molecule has 0 saturated carbocycles. The van der Waals surface area contributed by atoms with Gasteiger partial charge < -0.3 is 10.1 Å². The number of anilines is 1. The fourth-order valence-electron chi connectivity index (χ4n) is 2.54. The van der Waals surface area contributed by atoms with E-state index in [0.29, 0.717) is 10.7 Å². The van der Waals surface area contributed by atoms with Gasteiger partial charge in [0.2, 0.25) is 0 Å². The van der Waals surface area contributed by atoms with Crippen molar-refractivity contribution >= 4 is 29.2 Å². The highest BCUT2D eigenvalue weighted by Gasteiger charge is 2.09. The third kappa shape index (κ3) is 5.69. The van der Waals surface area contributed by atoms with Crippen molar-refractivity contribution in [1.29, 1.82) is 0 Å². The zero-order chi connectivity index (χ0) is 19.1. The van der Waals surface area contributed by atoms with Gasteiger partial charge in [-0.05, 0) is 41.0 Å². The van der Waals surface area contributed by atoms with Gasteiger partial charge in [0.25, 0.3) is 5.91 Å². The number of carbonyl (C=O) groups excluding carboxylic acids is 2. The maximum Gasteiger partial charge on any atom is 0.310 e. The van der Waals surface area contributed by atoms with E-state index >= 15 is 0 Å². The Labute approximate surface area is 162 Å². The van der Waals surface area contributed by atoms with Gasteiger partial charge in [0.05, 0.1) is 6.42 Å². The third-order valence-electron chi connectivity index (χ3n) is 3.90. The number of amides is 1. The fraction of sp³-hybridized carbons (Fsp3) is 0.0909. The van der Waals surface area contributed by atoms with Crippen molar-refractivity contribution in [1.82, 2.24) is 0 Å². The second-order valence-electron chi connectivity index (χ2n) is 5.96. The number of hydrogen-bond donors (Lipinski definition) is 1. The van der Waals surface area contributed by atoms with Gasteiger partial charge in [-0.25, -0.2) is 0 Å². The molecule has 1 N–H and O–H groups in total. The fourth-order valence-corrected chi connectivity index (χ4v) is 2.67. The number of ether oxygens (including phenoxy) is 1. The Morgan fingerprint density at radius 1 is 0.815 bits per heavy atom. The van der Waals surface area contributed by atoms with E-state index in [9.17, 15) is 9.59 Å². The van der Waals surface area contributed by atoms with Crippen LogP contribution in [0.3, 0.4) is 0 Å². The average Bonchev–Trinajstić information content (AvgIpc) is 2.69. The molecule has 0 spiro atoms. The summed E-state index contributed by atoms with van der Waals surface area (Å²) in [6.07, 6.45) is 0.114.